The Labute approximate surface area is 154 Å². The molecule has 4 aromatic rings. The minimum absolute atomic E-state index is 0.195. The lowest BCUT2D eigenvalue weighted by atomic mass is 10.0. The quantitative estimate of drug-likeness (QED) is 0.576. The molecule has 0 bridgehead atoms. The van der Waals surface area contributed by atoms with E-state index in [9.17, 15) is 4.79 Å². The molecule has 3 aromatic carbocycles. The molecular weight excluding hydrogens is 346 g/mol. The predicted octanol–water partition coefficient (Wildman–Crippen LogP) is 4.62. The van der Waals surface area contributed by atoms with Crippen molar-refractivity contribution in [3.8, 4) is 16.3 Å². The number of fused-ring (bicyclic) bond motifs is 1. The van der Waals surface area contributed by atoms with Crippen molar-refractivity contribution in [3.63, 3.8) is 0 Å². The van der Waals surface area contributed by atoms with Crippen LogP contribution in [0.1, 0.15) is 10.4 Å². The van der Waals surface area contributed by atoms with E-state index in [-0.39, 0.29) is 5.91 Å². The Kier molecular flexibility index (Phi) is 4.33. The molecule has 26 heavy (non-hydrogen) atoms. The summed E-state index contributed by atoms with van der Waals surface area (Å²) in [5.41, 5.74) is 1.54. The molecule has 1 N–H and O–H groups in total. The first kappa shape index (κ1) is 16.2. The van der Waals surface area contributed by atoms with Crippen LogP contribution in [0.2, 0.25) is 0 Å². The van der Waals surface area contributed by atoms with Crippen LogP contribution in [0.5, 0.6) is 5.75 Å². The summed E-state index contributed by atoms with van der Waals surface area (Å²) in [5, 5.41) is 14.2. The van der Waals surface area contributed by atoms with Crippen molar-refractivity contribution in [1.29, 1.82) is 0 Å². The smallest absolute Gasteiger partial charge is 0.258 e. The number of amides is 1. The van der Waals surface area contributed by atoms with E-state index in [0.717, 1.165) is 27.1 Å². The van der Waals surface area contributed by atoms with Crippen molar-refractivity contribution in [3.05, 3.63) is 72.3 Å². The molecule has 1 aromatic heterocycles. The molecule has 0 unspecified atom stereocenters. The number of aromatic nitrogens is 2. The number of anilines is 1. The van der Waals surface area contributed by atoms with Gasteiger partial charge in [0, 0.05) is 11.1 Å². The van der Waals surface area contributed by atoms with Crippen LogP contribution in [-0.4, -0.2) is 23.2 Å². The SMILES string of the molecule is COc1ccc(-c2nnc(NC(=O)c3cccc4ccccc34)s2)cc1. The molecule has 128 valence electrons. The van der Waals surface area contributed by atoms with E-state index in [1.54, 1.807) is 7.11 Å². The molecule has 1 amide bonds. The van der Waals surface area contributed by atoms with Gasteiger partial charge in [0.2, 0.25) is 5.13 Å². The van der Waals surface area contributed by atoms with Crippen LogP contribution in [0.3, 0.4) is 0 Å². The van der Waals surface area contributed by atoms with Gasteiger partial charge in [-0.05, 0) is 41.1 Å². The zero-order valence-electron chi connectivity index (χ0n) is 14.0. The largest absolute Gasteiger partial charge is 0.497 e. The van der Waals surface area contributed by atoms with Gasteiger partial charge < -0.3 is 4.74 Å². The van der Waals surface area contributed by atoms with Crippen molar-refractivity contribution < 1.29 is 9.53 Å². The summed E-state index contributed by atoms with van der Waals surface area (Å²) in [7, 11) is 1.63. The standard InChI is InChI=1S/C20H15N3O2S/c1-25-15-11-9-14(10-12-15)19-22-23-20(26-19)21-18(24)17-8-4-6-13-5-2-3-7-16(13)17/h2-12H,1H3,(H,21,23,24). The molecule has 1 heterocycles. The summed E-state index contributed by atoms with van der Waals surface area (Å²) in [5.74, 6) is 0.585. The maximum atomic E-state index is 12.7. The number of rotatable bonds is 4. The van der Waals surface area contributed by atoms with Crippen molar-refractivity contribution in [2.45, 2.75) is 0 Å². The van der Waals surface area contributed by atoms with E-state index in [1.165, 1.54) is 11.3 Å². The Morgan fingerprint density at radius 2 is 1.73 bits per heavy atom. The lowest BCUT2D eigenvalue weighted by Gasteiger charge is -2.05. The number of ether oxygens (including phenoxy) is 1. The molecule has 4 rings (SSSR count). The number of carbonyl (C=O) groups is 1. The van der Waals surface area contributed by atoms with Gasteiger partial charge in [0.15, 0.2) is 0 Å². The molecule has 6 heteroatoms. The zero-order chi connectivity index (χ0) is 17.9. The lowest BCUT2D eigenvalue weighted by molar-refractivity contribution is 0.102. The van der Waals surface area contributed by atoms with Crippen LogP contribution in [0.4, 0.5) is 5.13 Å². The van der Waals surface area contributed by atoms with E-state index >= 15 is 0 Å². The Morgan fingerprint density at radius 1 is 0.962 bits per heavy atom. The fraction of sp³-hybridized carbons (Fsp3) is 0.0500. The predicted molar refractivity (Wildman–Crippen MR) is 104 cm³/mol. The third-order valence-corrected chi connectivity index (χ3v) is 4.90. The average molecular weight is 361 g/mol. The van der Waals surface area contributed by atoms with E-state index < -0.39 is 0 Å². The topological polar surface area (TPSA) is 64.1 Å². The molecule has 0 aliphatic heterocycles. The van der Waals surface area contributed by atoms with E-state index in [4.69, 9.17) is 4.74 Å². The maximum Gasteiger partial charge on any atom is 0.258 e. The van der Waals surface area contributed by atoms with Gasteiger partial charge in [-0.15, -0.1) is 10.2 Å². The van der Waals surface area contributed by atoms with E-state index in [0.29, 0.717) is 10.7 Å². The summed E-state index contributed by atoms with van der Waals surface area (Å²) in [6, 6.07) is 21.0. The monoisotopic (exact) mass is 361 g/mol. The van der Waals surface area contributed by atoms with Crippen LogP contribution in [-0.2, 0) is 0 Å². The van der Waals surface area contributed by atoms with Crippen molar-refractivity contribution in [1.82, 2.24) is 10.2 Å². The zero-order valence-corrected chi connectivity index (χ0v) is 14.8. The van der Waals surface area contributed by atoms with Crippen molar-refractivity contribution in [2.75, 3.05) is 12.4 Å². The van der Waals surface area contributed by atoms with Gasteiger partial charge in [0.25, 0.3) is 5.91 Å². The molecule has 0 radical (unpaired) electrons. The minimum atomic E-state index is -0.195. The van der Waals surface area contributed by atoms with Gasteiger partial charge in [0.1, 0.15) is 10.8 Å². The maximum absolute atomic E-state index is 12.7. The number of benzene rings is 3. The third-order valence-electron chi connectivity index (χ3n) is 4.02. The molecule has 0 saturated carbocycles. The fourth-order valence-corrected chi connectivity index (χ4v) is 3.46. The summed E-state index contributed by atoms with van der Waals surface area (Å²) >= 11 is 1.33. The first-order valence-electron chi connectivity index (χ1n) is 8.01. The molecule has 0 aliphatic carbocycles. The van der Waals surface area contributed by atoms with Crippen LogP contribution in [0, 0.1) is 0 Å². The van der Waals surface area contributed by atoms with Gasteiger partial charge in [-0.2, -0.15) is 0 Å². The number of methoxy groups -OCH3 is 1. The normalized spacial score (nSPS) is 10.7. The highest BCUT2D eigenvalue weighted by molar-refractivity contribution is 7.18. The molecule has 0 spiro atoms. The van der Waals surface area contributed by atoms with E-state index in [2.05, 4.69) is 15.5 Å². The van der Waals surface area contributed by atoms with Crippen molar-refractivity contribution >= 4 is 33.1 Å². The highest BCUT2D eigenvalue weighted by atomic mass is 32.1. The Bertz CT molecular complexity index is 1070. The van der Waals surface area contributed by atoms with Gasteiger partial charge in [-0.1, -0.05) is 47.7 Å². The van der Waals surface area contributed by atoms with Crippen molar-refractivity contribution in [2.24, 2.45) is 0 Å². The number of nitrogens with zero attached hydrogens (tertiary/aromatic N) is 2. The molecule has 0 aliphatic rings. The fourth-order valence-electron chi connectivity index (χ4n) is 2.71. The second-order valence-electron chi connectivity index (χ2n) is 5.62. The van der Waals surface area contributed by atoms with Crippen LogP contribution in [0.25, 0.3) is 21.3 Å². The molecule has 0 fully saturated rings. The summed E-state index contributed by atoms with van der Waals surface area (Å²) < 4.78 is 5.16. The third kappa shape index (κ3) is 3.14. The first-order chi connectivity index (χ1) is 12.7. The molecule has 5 nitrogen and oxygen atoms in total. The second kappa shape index (κ2) is 6.93. The van der Waals surface area contributed by atoms with Crippen LogP contribution < -0.4 is 10.1 Å². The molecule has 0 atom stereocenters. The van der Waals surface area contributed by atoms with Gasteiger partial charge >= 0.3 is 0 Å². The lowest BCUT2D eigenvalue weighted by Crippen LogP contribution is -2.12. The highest BCUT2D eigenvalue weighted by Gasteiger charge is 2.13. The number of hydrogen-bond acceptors (Lipinski definition) is 5. The first-order valence-corrected chi connectivity index (χ1v) is 8.83. The Morgan fingerprint density at radius 3 is 2.54 bits per heavy atom. The summed E-state index contributed by atoms with van der Waals surface area (Å²) in [6.07, 6.45) is 0. The van der Waals surface area contributed by atoms with Crippen LogP contribution >= 0.6 is 11.3 Å². The molecular formula is C20H15N3O2S. The summed E-state index contributed by atoms with van der Waals surface area (Å²) in [4.78, 5) is 12.7. The minimum Gasteiger partial charge on any atom is -0.497 e. The Balaban J connectivity index is 1.57. The second-order valence-corrected chi connectivity index (χ2v) is 6.60. The van der Waals surface area contributed by atoms with E-state index in [1.807, 2.05) is 66.7 Å². The van der Waals surface area contributed by atoms with Gasteiger partial charge in [-0.25, -0.2) is 0 Å². The number of carbonyl (C=O) groups excluding carboxylic acids is 1. The van der Waals surface area contributed by atoms with Gasteiger partial charge in [0.05, 0.1) is 7.11 Å². The number of hydrogen-bond donors (Lipinski definition) is 1. The highest BCUT2D eigenvalue weighted by Crippen LogP contribution is 2.28. The average Bonchev–Trinajstić information content (AvgIpc) is 3.16. The summed E-state index contributed by atoms with van der Waals surface area (Å²) in [6.45, 7) is 0. The van der Waals surface area contributed by atoms with Crippen LogP contribution in [0.15, 0.2) is 66.7 Å². The molecule has 0 saturated heterocycles. The Hall–Kier alpha value is -3.25. The number of nitrogens with one attached hydrogen (secondary N) is 1. The van der Waals surface area contributed by atoms with Gasteiger partial charge in [-0.3, -0.25) is 10.1 Å².